The first-order valence-electron chi connectivity index (χ1n) is 8.32. The summed E-state index contributed by atoms with van der Waals surface area (Å²) >= 11 is 0. The molecule has 3 heterocycles. The highest BCUT2D eigenvalue weighted by Gasteiger charge is 2.26. The van der Waals surface area contributed by atoms with E-state index in [0.717, 1.165) is 31.1 Å². The number of oxazole rings is 1. The molecule has 2 aromatic rings. The highest BCUT2D eigenvalue weighted by molar-refractivity contribution is 5.98. The number of hydrogen-bond acceptors (Lipinski definition) is 9. The summed E-state index contributed by atoms with van der Waals surface area (Å²) in [5.74, 6) is 0.0790. The van der Waals surface area contributed by atoms with Crippen molar-refractivity contribution in [2.24, 2.45) is 4.99 Å². The molecule has 1 aromatic heterocycles. The lowest BCUT2D eigenvalue weighted by molar-refractivity contribution is -0.133. The number of ether oxygens (including phenoxy) is 2. The van der Waals surface area contributed by atoms with E-state index < -0.39 is 11.9 Å². The molecule has 0 amide bonds. The summed E-state index contributed by atoms with van der Waals surface area (Å²) in [4.78, 5) is 32.3. The summed E-state index contributed by atoms with van der Waals surface area (Å²) in [6.45, 7) is 3.75. The standard InChI is InChI=1S/C18H16N4O5/c1-10-17(25-9-22-10)16-11(21-8-13-19-6-7-20-13)2-3-12-18(16)27-15(24)5-4-14(23)26-12/h2-5,9,21H,6-8H2,1H3,(H,19,20)/b5-4+. The second kappa shape index (κ2) is 6.94. The monoisotopic (exact) mass is 368 g/mol. The SMILES string of the molecule is Cc1ncoc1-c1c(NCC2=NCCN2)ccc2c1OC(=O)/C=C/C(=O)O2. The normalized spacial score (nSPS) is 17.0. The minimum Gasteiger partial charge on any atom is -0.443 e. The Hall–Kier alpha value is -3.62. The third kappa shape index (κ3) is 3.39. The molecule has 0 bridgehead atoms. The predicted octanol–water partition coefficient (Wildman–Crippen LogP) is 1.44. The Balaban J connectivity index is 1.81. The Morgan fingerprint density at radius 3 is 2.70 bits per heavy atom. The topological polar surface area (TPSA) is 115 Å². The lowest BCUT2D eigenvalue weighted by Gasteiger charge is -2.18. The van der Waals surface area contributed by atoms with Crippen LogP contribution in [0.5, 0.6) is 11.5 Å². The first-order chi connectivity index (χ1) is 13.1. The zero-order chi connectivity index (χ0) is 18.8. The van der Waals surface area contributed by atoms with Gasteiger partial charge in [0.15, 0.2) is 23.7 Å². The van der Waals surface area contributed by atoms with Gasteiger partial charge in [-0.2, -0.15) is 0 Å². The van der Waals surface area contributed by atoms with Crippen LogP contribution in [0, 0.1) is 6.92 Å². The third-order valence-electron chi connectivity index (χ3n) is 4.05. The number of carbonyl (C=O) groups is 2. The Bertz CT molecular complexity index is 976. The number of amidine groups is 1. The second-order valence-electron chi connectivity index (χ2n) is 5.87. The zero-order valence-corrected chi connectivity index (χ0v) is 14.4. The van der Waals surface area contributed by atoms with Crippen molar-refractivity contribution in [3.63, 3.8) is 0 Å². The number of fused-ring (bicyclic) bond motifs is 1. The van der Waals surface area contributed by atoms with Crippen molar-refractivity contribution >= 4 is 23.5 Å². The van der Waals surface area contributed by atoms with Crippen LogP contribution in [0.15, 0.2) is 40.1 Å². The van der Waals surface area contributed by atoms with Crippen molar-refractivity contribution < 1.29 is 23.5 Å². The lowest BCUT2D eigenvalue weighted by Crippen LogP contribution is -2.26. The number of nitrogens with zero attached hydrogens (tertiary/aromatic N) is 2. The van der Waals surface area contributed by atoms with Crippen LogP contribution in [0.1, 0.15) is 5.69 Å². The van der Waals surface area contributed by atoms with Crippen molar-refractivity contribution in [2.75, 3.05) is 25.0 Å². The summed E-state index contributed by atoms with van der Waals surface area (Å²) in [6, 6.07) is 3.28. The van der Waals surface area contributed by atoms with Crippen LogP contribution in [-0.4, -0.2) is 42.4 Å². The quantitative estimate of drug-likeness (QED) is 0.615. The number of rotatable bonds is 4. The van der Waals surface area contributed by atoms with Crippen LogP contribution < -0.4 is 20.1 Å². The maximum absolute atomic E-state index is 12.0. The zero-order valence-electron chi connectivity index (χ0n) is 14.4. The maximum Gasteiger partial charge on any atom is 0.336 e. The minimum absolute atomic E-state index is 0.0869. The molecule has 2 N–H and O–H groups in total. The second-order valence-corrected chi connectivity index (χ2v) is 5.87. The number of aliphatic imine (C=N–C) groups is 1. The largest absolute Gasteiger partial charge is 0.443 e. The summed E-state index contributed by atoms with van der Waals surface area (Å²) in [5.41, 5.74) is 1.67. The van der Waals surface area contributed by atoms with Crippen LogP contribution >= 0.6 is 0 Å². The van der Waals surface area contributed by atoms with Gasteiger partial charge in [-0.05, 0) is 19.1 Å². The van der Waals surface area contributed by atoms with E-state index in [1.165, 1.54) is 6.39 Å². The molecule has 0 unspecified atom stereocenters. The Morgan fingerprint density at radius 2 is 2.00 bits per heavy atom. The Kier molecular flexibility index (Phi) is 4.33. The fraction of sp³-hybridized carbons (Fsp3) is 0.222. The molecule has 0 fully saturated rings. The molecule has 0 saturated heterocycles. The highest BCUT2D eigenvalue weighted by atomic mass is 16.6. The molecule has 27 heavy (non-hydrogen) atoms. The van der Waals surface area contributed by atoms with Gasteiger partial charge in [0, 0.05) is 24.4 Å². The van der Waals surface area contributed by atoms with E-state index in [9.17, 15) is 9.59 Å². The van der Waals surface area contributed by atoms with Gasteiger partial charge in [-0.1, -0.05) is 0 Å². The summed E-state index contributed by atoms with van der Waals surface area (Å²) in [5, 5.41) is 6.43. The number of aromatic nitrogens is 1. The van der Waals surface area contributed by atoms with Crippen molar-refractivity contribution in [1.82, 2.24) is 10.3 Å². The molecule has 4 rings (SSSR count). The first kappa shape index (κ1) is 16.8. The van der Waals surface area contributed by atoms with Crippen molar-refractivity contribution in [2.45, 2.75) is 6.92 Å². The van der Waals surface area contributed by atoms with Gasteiger partial charge in [0.2, 0.25) is 0 Å². The molecule has 9 heteroatoms. The average Bonchev–Trinajstić information content (AvgIpc) is 3.30. The molecule has 0 saturated carbocycles. The molecular formula is C18H16N4O5. The number of anilines is 1. The van der Waals surface area contributed by atoms with Crippen LogP contribution in [0.25, 0.3) is 11.3 Å². The number of benzene rings is 1. The number of esters is 2. The number of aryl methyl sites for hydroxylation is 1. The smallest absolute Gasteiger partial charge is 0.336 e. The fourth-order valence-corrected chi connectivity index (χ4v) is 2.82. The molecule has 0 spiro atoms. The molecule has 2 aliphatic rings. The summed E-state index contributed by atoms with van der Waals surface area (Å²) < 4.78 is 16.2. The molecule has 9 nitrogen and oxygen atoms in total. The Morgan fingerprint density at radius 1 is 1.19 bits per heavy atom. The van der Waals surface area contributed by atoms with Crippen molar-refractivity contribution in [1.29, 1.82) is 0 Å². The van der Waals surface area contributed by atoms with E-state index in [0.29, 0.717) is 29.2 Å². The van der Waals surface area contributed by atoms with E-state index in [2.05, 4.69) is 20.6 Å². The molecule has 0 aliphatic carbocycles. The fourth-order valence-electron chi connectivity index (χ4n) is 2.82. The maximum atomic E-state index is 12.0. The highest BCUT2D eigenvalue weighted by Crippen LogP contribution is 2.45. The number of hydrogen-bond donors (Lipinski definition) is 2. The van der Waals surface area contributed by atoms with Crippen molar-refractivity contribution in [3.05, 3.63) is 36.4 Å². The van der Waals surface area contributed by atoms with Crippen LogP contribution in [0.3, 0.4) is 0 Å². The van der Waals surface area contributed by atoms with E-state index in [1.54, 1.807) is 19.1 Å². The van der Waals surface area contributed by atoms with E-state index in [1.807, 2.05) is 0 Å². The van der Waals surface area contributed by atoms with Gasteiger partial charge >= 0.3 is 11.9 Å². The molecule has 2 aliphatic heterocycles. The van der Waals surface area contributed by atoms with Gasteiger partial charge < -0.3 is 24.5 Å². The average molecular weight is 368 g/mol. The van der Waals surface area contributed by atoms with E-state index in [-0.39, 0.29) is 11.5 Å². The van der Waals surface area contributed by atoms with Gasteiger partial charge in [-0.25, -0.2) is 14.6 Å². The minimum atomic E-state index is -0.690. The molecular weight excluding hydrogens is 352 g/mol. The number of carbonyl (C=O) groups excluding carboxylic acids is 2. The lowest BCUT2D eigenvalue weighted by atomic mass is 10.1. The first-order valence-corrected chi connectivity index (χ1v) is 8.32. The number of nitrogens with one attached hydrogen (secondary N) is 2. The van der Waals surface area contributed by atoms with E-state index >= 15 is 0 Å². The van der Waals surface area contributed by atoms with Crippen molar-refractivity contribution in [3.8, 4) is 22.8 Å². The summed E-state index contributed by atoms with van der Waals surface area (Å²) in [6.07, 6.45) is 3.33. The summed E-state index contributed by atoms with van der Waals surface area (Å²) in [7, 11) is 0. The molecule has 0 radical (unpaired) electrons. The van der Waals surface area contributed by atoms with Gasteiger partial charge in [-0.15, -0.1) is 0 Å². The van der Waals surface area contributed by atoms with Gasteiger partial charge in [-0.3, -0.25) is 4.99 Å². The predicted molar refractivity (Wildman–Crippen MR) is 95.9 cm³/mol. The van der Waals surface area contributed by atoms with Crippen LogP contribution in [0.2, 0.25) is 0 Å². The van der Waals surface area contributed by atoms with Gasteiger partial charge in [0.25, 0.3) is 0 Å². The molecule has 0 atom stereocenters. The van der Waals surface area contributed by atoms with Gasteiger partial charge in [0.05, 0.1) is 24.3 Å². The third-order valence-corrected chi connectivity index (χ3v) is 4.05. The van der Waals surface area contributed by atoms with E-state index in [4.69, 9.17) is 13.9 Å². The van der Waals surface area contributed by atoms with Crippen LogP contribution in [-0.2, 0) is 9.59 Å². The van der Waals surface area contributed by atoms with Gasteiger partial charge in [0.1, 0.15) is 5.84 Å². The molecule has 1 aromatic carbocycles. The Labute approximate surface area is 154 Å². The van der Waals surface area contributed by atoms with Crippen LogP contribution in [0.4, 0.5) is 5.69 Å². The molecule has 138 valence electrons.